The van der Waals surface area contributed by atoms with E-state index in [2.05, 4.69) is 15.4 Å². The van der Waals surface area contributed by atoms with Gasteiger partial charge in [0.15, 0.2) is 0 Å². The summed E-state index contributed by atoms with van der Waals surface area (Å²) in [6.07, 6.45) is 3.58. The summed E-state index contributed by atoms with van der Waals surface area (Å²) < 4.78 is 5.68. The van der Waals surface area contributed by atoms with E-state index < -0.39 is 0 Å². The summed E-state index contributed by atoms with van der Waals surface area (Å²) in [5.74, 6) is 6.78. The van der Waals surface area contributed by atoms with Gasteiger partial charge < -0.3 is 4.74 Å². The van der Waals surface area contributed by atoms with Crippen LogP contribution in [0.5, 0.6) is 11.6 Å². The maximum Gasteiger partial charge on any atom is 0.240 e. The Morgan fingerprint density at radius 1 is 1.29 bits per heavy atom. The van der Waals surface area contributed by atoms with Crippen LogP contribution >= 0.6 is 11.8 Å². The van der Waals surface area contributed by atoms with Crippen LogP contribution in [0.25, 0.3) is 0 Å². The van der Waals surface area contributed by atoms with Crippen molar-refractivity contribution in [3.63, 3.8) is 0 Å². The van der Waals surface area contributed by atoms with Gasteiger partial charge in [0.1, 0.15) is 5.75 Å². The molecule has 0 amide bonds. The van der Waals surface area contributed by atoms with E-state index in [4.69, 9.17) is 10.6 Å². The third kappa shape index (κ3) is 2.86. The van der Waals surface area contributed by atoms with Crippen molar-refractivity contribution in [1.82, 2.24) is 9.97 Å². The smallest absolute Gasteiger partial charge is 0.240 e. The number of nitrogen functional groups attached to an aromatic ring is 1. The van der Waals surface area contributed by atoms with Crippen LogP contribution in [0.4, 0.5) is 5.95 Å². The summed E-state index contributed by atoms with van der Waals surface area (Å²) >= 11 is 1.62. The number of nitrogens with zero attached hydrogens (tertiary/aromatic N) is 2. The highest BCUT2D eigenvalue weighted by Gasteiger charge is 2.04. The lowest BCUT2D eigenvalue weighted by atomic mass is 10.3. The molecule has 0 bridgehead atoms. The summed E-state index contributed by atoms with van der Waals surface area (Å²) in [7, 11) is 0. The summed E-state index contributed by atoms with van der Waals surface area (Å²) in [5.41, 5.74) is 2.37. The molecule has 6 heteroatoms. The molecule has 0 unspecified atom stereocenters. The fourth-order valence-electron chi connectivity index (χ4n) is 1.28. The average Bonchev–Trinajstić information content (AvgIpc) is 2.39. The van der Waals surface area contributed by atoms with E-state index in [0.29, 0.717) is 11.8 Å². The van der Waals surface area contributed by atoms with Crippen LogP contribution in [0.15, 0.2) is 41.4 Å². The number of aromatic nitrogens is 2. The largest absolute Gasteiger partial charge is 0.438 e. The fourth-order valence-corrected chi connectivity index (χ4v) is 1.81. The van der Waals surface area contributed by atoms with Crippen molar-refractivity contribution < 1.29 is 4.74 Å². The minimum absolute atomic E-state index is 0.323. The standard InChI is InChI=1S/C11H12N4OS/c1-17-9-5-3-2-4-8(9)16-10-6-7-13-11(14-10)15-12/h2-7H,12H2,1H3,(H,13,14,15). The normalized spacial score (nSPS) is 10.0. The van der Waals surface area contributed by atoms with Gasteiger partial charge in [-0.2, -0.15) is 4.98 Å². The first-order valence-electron chi connectivity index (χ1n) is 4.94. The van der Waals surface area contributed by atoms with Gasteiger partial charge in [0.2, 0.25) is 11.8 Å². The van der Waals surface area contributed by atoms with Crippen molar-refractivity contribution >= 4 is 17.7 Å². The lowest BCUT2D eigenvalue weighted by Crippen LogP contribution is -2.10. The molecule has 0 saturated heterocycles. The summed E-state index contributed by atoms with van der Waals surface area (Å²) in [6.45, 7) is 0. The highest BCUT2D eigenvalue weighted by Crippen LogP contribution is 2.30. The molecule has 17 heavy (non-hydrogen) atoms. The molecule has 0 aliphatic carbocycles. The quantitative estimate of drug-likeness (QED) is 0.491. The van der Waals surface area contributed by atoms with Gasteiger partial charge in [0.05, 0.1) is 0 Å². The third-order valence-electron chi connectivity index (χ3n) is 2.04. The van der Waals surface area contributed by atoms with Crippen LogP contribution in [-0.2, 0) is 0 Å². The Balaban J connectivity index is 2.24. The van der Waals surface area contributed by atoms with Gasteiger partial charge in [-0.25, -0.2) is 10.8 Å². The second-order valence-corrected chi connectivity index (χ2v) is 3.96. The van der Waals surface area contributed by atoms with Crippen LogP contribution in [0.1, 0.15) is 0 Å². The fraction of sp³-hybridized carbons (Fsp3) is 0.0909. The highest BCUT2D eigenvalue weighted by molar-refractivity contribution is 7.98. The van der Waals surface area contributed by atoms with Crippen LogP contribution in [0, 0.1) is 0 Å². The summed E-state index contributed by atoms with van der Waals surface area (Å²) in [4.78, 5) is 9.04. The molecular formula is C11H12N4OS. The number of hydrogen-bond acceptors (Lipinski definition) is 6. The van der Waals surface area contributed by atoms with Gasteiger partial charge in [-0.3, -0.25) is 5.43 Å². The molecule has 1 aromatic carbocycles. The van der Waals surface area contributed by atoms with E-state index in [0.717, 1.165) is 10.6 Å². The van der Waals surface area contributed by atoms with Crippen LogP contribution < -0.4 is 16.0 Å². The Morgan fingerprint density at radius 2 is 2.12 bits per heavy atom. The first kappa shape index (κ1) is 11.7. The molecule has 3 N–H and O–H groups in total. The van der Waals surface area contributed by atoms with E-state index in [9.17, 15) is 0 Å². The first-order chi connectivity index (χ1) is 8.33. The van der Waals surface area contributed by atoms with Crippen molar-refractivity contribution in [3.05, 3.63) is 36.5 Å². The molecule has 0 aliphatic rings. The second-order valence-electron chi connectivity index (χ2n) is 3.12. The lowest BCUT2D eigenvalue weighted by Gasteiger charge is -2.08. The van der Waals surface area contributed by atoms with Crippen LogP contribution in [-0.4, -0.2) is 16.2 Å². The summed E-state index contributed by atoms with van der Waals surface area (Å²) in [6, 6.07) is 9.44. The molecular weight excluding hydrogens is 236 g/mol. The number of thioether (sulfide) groups is 1. The molecule has 0 saturated carbocycles. The number of anilines is 1. The van der Waals surface area contributed by atoms with Gasteiger partial charge in [-0.05, 0) is 18.4 Å². The van der Waals surface area contributed by atoms with Gasteiger partial charge in [-0.15, -0.1) is 11.8 Å². The van der Waals surface area contributed by atoms with Gasteiger partial charge in [0.25, 0.3) is 0 Å². The number of nitrogens with two attached hydrogens (primary N) is 1. The molecule has 1 aromatic heterocycles. The van der Waals surface area contributed by atoms with E-state index in [-0.39, 0.29) is 0 Å². The zero-order chi connectivity index (χ0) is 12.1. The van der Waals surface area contributed by atoms with Crippen molar-refractivity contribution in [2.45, 2.75) is 4.90 Å². The SMILES string of the molecule is CSc1ccccc1Oc1ccnc(NN)n1. The average molecular weight is 248 g/mol. The molecule has 0 aliphatic heterocycles. The second kappa shape index (κ2) is 5.51. The zero-order valence-corrected chi connectivity index (χ0v) is 10.1. The lowest BCUT2D eigenvalue weighted by molar-refractivity contribution is 0.451. The minimum Gasteiger partial charge on any atom is -0.438 e. The van der Waals surface area contributed by atoms with Crippen molar-refractivity contribution in [2.24, 2.45) is 5.84 Å². The molecule has 0 fully saturated rings. The number of nitrogens with one attached hydrogen (secondary N) is 1. The number of ether oxygens (including phenoxy) is 1. The molecule has 0 radical (unpaired) electrons. The van der Waals surface area contributed by atoms with E-state index in [1.165, 1.54) is 0 Å². The molecule has 88 valence electrons. The third-order valence-corrected chi connectivity index (χ3v) is 2.82. The predicted molar refractivity (Wildman–Crippen MR) is 68.1 cm³/mol. The summed E-state index contributed by atoms with van der Waals surface area (Å²) in [5, 5.41) is 0. The Kier molecular flexibility index (Phi) is 3.79. The Morgan fingerprint density at radius 3 is 2.88 bits per heavy atom. The maximum absolute atomic E-state index is 5.68. The highest BCUT2D eigenvalue weighted by atomic mass is 32.2. The molecule has 0 spiro atoms. The van der Waals surface area contributed by atoms with Crippen molar-refractivity contribution in [2.75, 3.05) is 11.7 Å². The van der Waals surface area contributed by atoms with E-state index >= 15 is 0 Å². The van der Waals surface area contributed by atoms with Crippen LogP contribution in [0.3, 0.4) is 0 Å². The van der Waals surface area contributed by atoms with Gasteiger partial charge in [0, 0.05) is 17.2 Å². The molecule has 1 heterocycles. The predicted octanol–water partition coefficient (Wildman–Crippen LogP) is 2.28. The number of rotatable bonds is 4. The minimum atomic E-state index is 0.323. The molecule has 2 aromatic rings. The topological polar surface area (TPSA) is 73.1 Å². The van der Waals surface area contributed by atoms with Crippen molar-refractivity contribution in [1.29, 1.82) is 0 Å². The zero-order valence-electron chi connectivity index (χ0n) is 9.25. The Labute approximate surface area is 103 Å². The van der Waals surface area contributed by atoms with Crippen LogP contribution in [0.2, 0.25) is 0 Å². The Hall–Kier alpha value is -1.79. The number of para-hydroxylation sites is 1. The van der Waals surface area contributed by atoms with E-state index in [1.54, 1.807) is 24.0 Å². The van der Waals surface area contributed by atoms with Crippen molar-refractivity contribution in [3.8, 4) is 11.6 Å². The number of benzene rings is 1. The van der Waals surface area contributed by atoms with Gasteiger partial charge in [-0.1, -0.05) is 12.1 Å². The van der Waals surface area contributed by atoms with E-state index in [1.807, 2.05) is 30.5 Å². The Bertz CT molecular complexity index is 506. The number of hydrogen-bond donors (Lipinski definition) is 2. The number of hydrazine groups is 1. The molecule has 0 atom stereocenters. The molecule has 2 rings (SSSR count). The van der Waals surface area contributed by atoms with Gasteiger partial charge >= 0.3 is 0 Å². The first-order valence-corrected chi connectivity index (χ1v) is 6.16. The molecule has 5 nitrogen and oxygen atoms in total. The monoisotopic (exact) mass is 248 g/mol. The maximum atomic E-state index is 5.68.